The highest BCUT2D eigenvalue weighted by Crippen LogP contribution is 2.30. The summed E-state index contributed by atoms with van der Waals surface area (Å²) in [7, 11) is 0. The lowest BCUT2D eigenvalue weighted by Crippen LogP contribution is -1.96. The van der Waals surface area contributed by atoms with Crippen molar-refractivity contribution in [3.63, 3.8) is 0 Å². The van der Waals surface area contributed by atoms with E-state index in [0.717, 1.165) is 40.5 Å². The molecule has 1 heterocycles. The Labute approximate surface area is 169 Å². The molecular weight excluding hydrogens is 363 g/mol. The molecule has 0 atom stereocenters. The third kappa shape index (κ3) is 3.74. The molecule has 0 radical (unpaired) electrons. The molecule has 0 saturated heterocycles. The molecule has 0 fully saturated rings. The van der Waals surface area contributed by atoms with Crippen LogP contribution >= 0.6 is 0 Å². The summed E-state index contributed by atoms with van der Waals surface area (Å²) in [6.45, 7) is 4.84. The van der Waals surface area contributed by atoms with Crippen LogP contribution in [0.15, 0.2) is 66.7 Å². The summed E-state index contributed by atoms with van der Waals surface area (Å²) in [5, 5.41) is 4.04. The van der Waals surface area contributed by atoms with Crippen LogP contribution in [0.2, 0.25) is 0 Å². The Hall–Kier alpha value is -3.53. The Bertz CT molecular complexity index is 1200. The molecule has 0 unspecified atom stereocenters. The standard InChI is InChI=1S/C25H21FN2O/c1-3-27-20-8-5-17(6-9-20)21-10-7-18(13-23(21)26)25-14-19(15-29)22-12-16(2)4-11-24(22)28-25/h4-15,27H,3H2,1-2H3. The number of halogens is 1. The third-order valence-corrected chi connectivity index (χ3v) is 4.96. The summed E-state index contributed by atoms with van der Waals surface area (Å²) in [5.74, 6) is -0.322. The minimum Gasteiger partial charge on any atom is -0.385 e. The van der Waals surface area contributed by atoms with Crippen LogP contribution in [0, 0.1) is 12.7 Å². The molecule has 0 saturated carbocycles. The molecule has 0 aliphatic heterocycles. The molecule has 1 N–H and O–H groups in total. The third-order valence-electron chi connectivity index (χ3n) is 4.96. The lowest BCUT2D eigenvalue weighted by molar-refractivity contribution is 0.112. The molecule has 0 aliphatic rings. The number of rotatable bonds is 5. The summed E-state index contributed by atoms with van der Waals surface area (Å²) in [5.41, 5.74) is 5.90. The minimum atomic E-state index is -0.322. The van der Waals surface area contributed by atoms with Crippen LogP contribution in [0.5, 0.6) is 0 Å². The van der Waals surface area contributed by atoms with Gasteiger partial charge in [0, 0.05) is 34.3 Å². The smallest absolute Gasteiger partial charge is 0.150 e. The Morgan fingerprint density at radius 1 is 0.966 bits per heavy atom. The van der Waals surface area contributed by atoms with Gasteiger partial charge in [0.05, 0.1) is 11.2 Å². The van der Waals surface area contributed by atoms with Crippen LogP contribution in [-0.2, 0) is 0 Å². The Morgan fingerprint density at radius 3 is 2.41 bits per heavy atom. The fourth-order valence-corrected chi connectivity index (χ4v) is 3.49. The van der Waals surface area contributed by atoms with E-state index in [0.29, 0.717) is 22.4 Å². The monoisotopic (exact) mass is 384 g/mol. The van der Waals surface area contributed by atoms with Crippen molar-refractivity contribution in [1.29, 1.82) is 0 Å². The number of hydrogen-bond acceptors (Lipinski definition) is 3. The summed E-state index contributed by atoms with van der Waals surface area (Å²) < 4.78 is 14.9. The van der Waals surface area contributed by atoms with Gasteiger partial charge in [0.15, 0.2) is 6.29 Å². The van der Waals surface area contributed by atoms with Crippen molar-refractivity contribution in [2.75, 3.05) is 11.9 Å². The number of hydrogen-bond donors (Lipinski definition) is 1. The fourth-order valence-electron chi connectivity index (χ4n) is 3.49. The van der Waals surface area contributed by atoms with Crippen LogP contribution in [0.4, 0.5) is 10.1 Å². The van der Waals surface area contributed by atoms with E-state index in [1.807, 2.05) is 62.4 Å². The summed E-state index contributed by atoms with van der Waals surface area (Å²) in [4.78, 5) is 16.2. The maximum Gasteiger partial charge on any atom is 0.150 e. The van der Waals surface area contributed by atoms with Gasteiger partial charge in [0.2, 0.25) is 0 Å². The summed E-state index contributed by atoms with van der Waals surface area (Å²) >= 11 is 0. The number of aldehydes is 1. The van der Waals surface area contributed by atoms with Crippen molar-refractivity contribution in [3.8, 4) is 22.4 Å². The second-order valence-corrected chi connectivity index (χ2v) is 7.04. The van der Waals surface area contributed by atoms with E-state index in [9.17, 15) is 9.18 Å². The van der Waals surface area contributed by atoms with Gasteiger partial charge in [-0.15, -0.1) is 0 Å². The Kier molecular flexibility index (Phi) is 5.09. The number of nitrogens with one attached hydrogen (secondary N) is 1. The molecule has 0 amide bonds. The van der Waals surface area contributed by atoms with Gasteiger partial charge in [-0.1, -0.05) is 35.9 Å². The molecule has 3 aromatic carbocycles. The van der Waals surface area contributed by atoms with E-state index in [4.69, 9.17) is 0 Å². The number of pyridine rings is 1. The van der Waals surface area contributed by atoms with Crippen molar-refractivity contribution in [1.82, 2.24) is 4.98 Å². The predicted octanol–water partition coefficient (Wildman–Crippen LogP) is 6.26. The van der Waals surface area contributed by atoms with Crippen LogP contribution in [-0.4, -0.2) is 17.8 Å². The lowest BCUT2D eigenvalue weighted by Gasteiger charge is -2.10. The molecule has 0 aliphatic carbocycles. The number of nitrogens with zero attached hydrogens (tertiary/aromatic N) is 1. The van der Waals surface area contributed by atoms with Gasteiger partial charge in [0.25, 0.3) is 0 Å². The fraction of sp³-hybridized carbons (Fsp3) is 0.120. The molecule has 1 aromatic heterocycles. The van der Waals surface area contributed by atoms with E-state index in [-0.39, 0.29) is 5.82 Å². The molecule has 4 heteroatoms. The number of carbonyl (C=O) groups excluding carboxylic acids is 1. The second kappa shape index (κ2) is 7.84. The maximum atomic E-state index is 14.9. The number of anilines is 1. The molecule has 0 bridgehead atoms. The first-order valence-corrected chi connectivity index (χ1v) is 9.60. The first-order valence-electron chi connectivity index (χ1n) is 9.60. The van der Waals surface area contributed by atoms with Gasteiger partial charge in [-0.05, 0) is 55.8 Å². The van der Waals surface area contributed by atoms with E-state index >= 15 is 0 Å². The average Bonchev–Trinajstić information content (AvgIpc) is 2.74. The van der Waals surface area contributed by atoms with Crippen LogP contribution in [0.1, 0.15) is 22.8 Å². The second-order valence-electron chi connectivity index (χ2n) is 7.04. The van der Waals surface area contributed by atoms with Crippen molar-refractivity contribution in [2.24, 2.45) is 0 Å². The van der Waals surface area contributed by atoms with Crippen molar-refractivity contribution >= 4 is 22.9 Å². The van der Waals surface area contributed by atoms with Gasteiger partial charge in [-0.2, -0.15) is 0 Å². The van der Waals surface area contributed by atoms with Gasteiger partial charge >= 0.3 is 0 Å². The van der Waals surface area contributed by atoms with E-state index in [1.165, 1.54) is 6.07 Å². The van der Waals surface area contributed by atoms with Crippen molar-refractivity contribution in [2.45, 2.75) is 13.8 Å². The SMILES string of the molecule is CCNc1ccc(-c2ccc(-c3cc(C=O)c4cc(C)ccc4n3)cc2F)cc1. The molecule has 3 nitrogen and oxygen atoms in total. The van der Waals surface area contributed by atoms with Gasteiger partial charge in [-0.3, -0.25) is 4.79 Å². The number of benzene rings is 3. The van der Waals surface area contributed by atoms with Gasteiger partial charge in [-0.25, -0.2) is 9.37 Å². The minimum absolute atomic E-state index is 0.322. The quantitative estimate of drug-likeness (QED) is 0.413. The summed E-state index contributed by atoms with van der Waals surface area (Å²) in [6, 6.07) is 20.3. The first-order chi connectivity index (χ1) is 14.1. The zero-order valence-electron chi connectivity index (χ0n) is 16.4. The zero-order chi connectivity index (χ0) is 20.4. The normalized spacial score (nSPS) is 10.9. The number of fused-ring (bicyclic) bond motifs is 1. The molecule has 4 rings (SSSR count). The number of aryl methyl sites for hydroxylation is 1. The van der Waals surface area contributed by atoms with Gasteiger partial charge < -0.3 is 5.32 Å². The molecular formula is C25H21FN2O. The lowest BCUT2D eigenvalue weighted by atomic mass is 9.99. The Balaban J connectivity index is 1.74. The molecule has 29 heavy (non-hydrogen) atoms. The summed E-state index contributed by atoms with van der Waals surface area (Å²) in [6.07, 6.45) is 0.823. The molecule has 144 valence electrons. The Morgan fingerprint density at radius 2 is 1.72 bits per heavy atom. The van der Waals surface area contributed by atoms with Gasteiger partial charge in [0.1, 0.15) is 5.82 Å². The highest BCUT2D eigenvalue weighted by atomic mass is 19.1. The number of carbonyl (C=O) groups is 1. The molecule has 0 spiro atoms. The van der Waals surface area contributed by atoms with E-state index in [2.05, 4.69) is 10.3 Å². The van der Waals surface area contributed by atoms with Crippen LogP contribution < -0.4 is 5.32 Å². The van der Waals surface area contributed by atoms with Crippen molar-refractivity contribution < 1.29 is 9.18 Å². The topological polar surface area (TPSA) is 42.0 Å². The highest BCUT2D eigenvalue weighted by Gasteiger charge is 2.11. The van der Waals surface area contributed by atoms with E-state index in [1.54, 1.807) is 12.1 Å². The number of aromatic nitrogens is 1. The van der Waals surface area contributed by atoms with E-state index < -0.39 is 0 Å². The molecule has 4 aromatic rings. The van der Waals surface area contributed by atoms with Crippen molar-refractivity contribution in [3.05, 3.63) is 83.7 Å². The average molecular weight is 384 g/mol. The van der Waals surface area contributed by atoms with Crippen LogP contribution in [0.3, 0.4) is 0 Å². The highest BCUT2D eigenvalue weighted by molar-refractivity contribution is 5.98. The largest absolute Gasteiger partial charge is 0.385 e. The zero-order valence-corrected chi connectivity index (χ0v) is 16.4. The maximum absolute atomic E-state index is 14.9. The van der Waals surface area contributed by atoms with Crippen LogP contribution in [0.25, 0.3) is 33.3 Å². The first kappa shape index (κ1) is 18.8. The predicted molar refractivity (Wildman–Crippen MR) is 117 cm³/mol.